The van der Waals surface area contributed by atoms with Gasteiger partial charge in [0.2, 0.25) is 0 Å². The van der Waals surface area contributed by atoms with Gasteiger partial charge in [-0.2, -0.15) is 0 Å². The van der Waals surface area contributed by atoms with Crippen molar-refractivity contribution in [3.8, 4) is 39.1 Å². The minimum absolute atomic E-state index is 0.283. The van der Waals surface area contributed by atoms with Crippen molar-refractivity contribution < 1.29 is 5.11 Å². The van der Waals surface area contributed by atoms with Gasteiger partial charge < -0.3 is 10.0 Å². The van der Waals surface area contributed by atoms with Gasteiger partial charge in [-0.3, -0.25) is 0 Å². The van der Waals surface area contributed by atoms with Gasteiger partial charge in [-0.1, -0.05) is 115 Å². The summed E-state index contributed by atoms with van der Waals surface area (Å²) < 4.78 is 0. The summed E-state index contributed by atoms with van der Waals surface area (Å²) in [5.41, 5.74) is 9.65. The number of phenolic OH excluding ortho intramolecular Hbond substituents is 1. The molecular weight excluding hydrogens is 462 g/mol. The molecule has 0 amide bonds. The van der Waals surface area contributed by atoms with E-state index < -0.39 is 0 Å². The van der Waals surface area contributed by atoms with Crippen molar-refractivity contribution in [2.24, 2.45) is 0 Å². The topological polar surface area (TPSA) is 23.5 Å². The standard InChI is InChI=1S/C36H27NO/c38-36-24-10-8-22-34(36)30-17-11-15-28(25-30)29-16-12-20-32(26-29)37(31-18-5-2-6-19-31)35-23-9-7-21-33(35)27-13-3-1-4-14-27/h1-26,38H. The van der Waals surface area contributed by atoms with E-state index in [0.717, 1.165) is 39.3 Å². The van der Waals surface area contributed by atoms with Crippen molar-refractivity contribution >= 4 is 17.1 Å². The molecule has 38 heavy (non-hydrogen) atoms. The van der Waals surface area contributed by atoms with Gasteiger partial charge in [0, 0.05) is 22.5 Å². The predicted octanol–water partition coefficient (Wildman–Crippen LogP) is 9.86. The summed E-state index contributed by atoms with van der Waals surface area (Å²) in [7, 11) is 0. The Kier molecular flexibility index (Phi) is 6.44. The van der Waals surface area contributed by atoms with E-state index in [1.807, 2.05) is 42.5 Å². The number of rotatable bonds is 6. The van der Waals surface area contributed by atoms with Crippen LogP contribution in [0.15, 0.2) is 158 Å². The number of nitrogens with zero attached hydrogens (tertiary/aromatic N) is 1. The predicted molar refractivity (Wildman–Crippen MR) is 159 cm³/mol. The lowest BCUT2D eigenvalue weighted by molar-refractivity contribution is 0.477. The average Bonchev–Trinajstić information content (AvgIpc) is 2.99. The molecule has 0 aromatic heterocycles. The van der Waals surface area contributed by atoms with Crippen LogP contribution in [0, 0.1) is 0 Å². The fourth-order valence-corrected chi connectivity index (χ4v) is 4.94. The van der Waals surface area contributed by atoms with Crippen LogP contribution in [-0.4, -0.2) is 5.11 Å². The molecule has 0 heterocycles. The molecule has 0 saturated heterocycles. The normalized spacial score (nSPS) is 10.7. The van der Waals surface area contributed by atoms with Crippen LogP contribution in [0.3, 0.4) is 0 Å². The number of phenols is 1. The van der Waals surface area contributed by atoms with E-state index in [4.69, 9.17) is 0 Å². The highest BCUT2D eigenvalue weighted by molar-refractivity contribution is 5.89. The molecule has 2 nitrogen and oxygen atoms in total. The molecule has 6 rings (SSSR count). The molecule has 6 aromatic carbocycles. The molecule has 182 valence electrons. The molecule has 0 aliphatic rings. The Hall–Kier alpha value is -5.08. The second kappa shape index (κ2) is 10.5. The number of benzene rings is 6. The maximum atomic E-state index is 10.4. The van der Waals surface area contributed by atoms with Crippen LogP contribution in [-0.2, 0) is 0 Å². The summed E-state index contributed by atoms with van der Waals surface area (Å²) in [6.45, 7) is 0. The highest BCUT2D eigenvalue weighted by Crippen LogP contribution is 2.41. The number of hydrogen-bond acceptors (Lipinski definition) is 2. The van der Waals surface area contributed by atoms with Gasteiger partial charge in [0.25, 0.3) is 0 Å². The molecule has 0 spiro atoms. The van der Waals surface area contributed by atoms with E-state index in [-0.39, 0.29) is 5.75 Å². The summed E-state index contributed by atoms with van der Waals surface area (Å²) in [5.74, 6) is 0.283. The van der Waals surface area contributed by atoms with Gasteiger partial charge in [-0.25, -0.2) is 0 Å². The lowest BCUT2D eigenvalue weighted by Gasteiger charge is -2.28. The maximum Gasteiger partial charge on any atom is 0.123 e. The Labute approximate surface area is 223 Å². The maximum absolute atomic E-state index is 10.4. The van der Waals surface area contributed by atoms with Gasteiger partial charge in [0.15, 0.2) is 0 Å². The first kappa shape index (κ1) is 23.3. The third-order valence-electron chi connectivity index (χ3n) is 6.76. The number of aromatic hydroxyl groups is 1. The van der Waals surface area contributed by atoms with Crippen LogP contribution in [0.1, 0.15) is 0 Å². The SMILES string of the molecule is Oc1ccccc1-c1cccc(-c2cccc(N(c3ccccc3)c3ccccc3-c3ccccc3)c2)c1. The van der Waals surface area contributed by atoms with Crippen molar-refractivity contribution in [2.75, 3.05) is 4.90 Å². The number of para-hydroxylation sites is 3. The van der Waals surface area contributed by atoms with E-state index in [9.17, 15) is 5.11 Å². The van der Waals surface area contributed by atoms with Gasteiger partial charge in [0.1, 0.15) is 5.75 Å². The highest BCUT2D eigenvalue weighted by Gasteiger charge is 2.17. The van der Waals surface area contributed by atoms with Crippen LogP contribution >= 0.6 is 0 Å². The van der Waals surface area contributed by atoms with Gasteiger partial charge in [-0.05, 0) is 64.7 Å². The van der Waals surface area contributed by atoms with Gasteiger partial charge in [0.05, 0.1) is 5.69 Å². The third-order valence-corrected chi connectivity index (χ3v) is 6.76. The van der Waals surface area contributed by atoms with E-state index >= 15 is 0 Å². The van der Waals surface area contributed by atoms with Crippen molar-refractivity contribution in [3.63, 3.8) is 0 Å². The highest BCUT2D eigenvalue weighted by atomic mass is 16.3. The zero-order valence-corrected chi connectivity index (χ0v) is 20.9. The molecule has 0 bridgehead atoms. The molecule has 0 saturated carbocycles. The lowest BCUT2D eigenvalue weighted by Crippen LogP contribution is -2.11. The Bertz CT molecular complexity index is 1680. The molecule has 2 heteroatoms. The van der Waals surface area contributed by atoms with E-state index in [2.05, 4.69) is 114 Å². The second-order valence-corrected chi connectivity index (χ2v) is 9.20. The van der Waals surface area contributed by atoms with Crippen LogP contribution in [0.25, 0.3) is 33.4 Å². The Morgan fingerprint density at radius 2 is 0.895 bits per heavy atom. The van der Waals surface area contributed by atoms with Gasteiger partial charge in [-0.15, -0.1) is 0 Å². The molecule has 0 atom stereocenters. The Balaban J connectivity index is 1.48. The zero-order valence-electron chi connectivity index (χ0n) is 20.9. The molecule has 0 aliphatic carbocycles. The fourth-order valence-electron chi connectivity index (χ4n) is 4.94. The molecule has 0 fully saturated rings. The summed E-state index contributed by atoms with van der Waals surface area (Å²) in [6.07, 6.45) is 0. The summed E-state index contributed by atoms with van der Waals surface area (Å²) in [4.78, 5) is 2.32. The van der Waals surface area contributed by atoms with Crippen molar-refractivity contribution in [1.29, 1.82) is 0 Å². The van der Waals surface area contributed by atoms with Crippen molar-refractivity contribution in [3.05, 3.63) is 158 Å². The quantitative estimate of drug-likeness (QED) is 0.252. The zero-order chi connectivity index (χ0) is 25.7. The molecule has 0 aliphatic heterocycles. The van der Waals surface area contributed by atoms with E-state index in [1.165, 1.54) is 11.1 Å². The first-order valence-corrected chi connectivity index (χ1v) is 12.8. The molecular formula is C36H27NO. The van der Waals surface area contributed by atoms with Crippen LogP contribution in [0.4, 0.5) is 17.1 Å². The minimum atomic E-state index is 0.283. The molecule has 1 N–H and O–H groups in total. The number of hydrogen-bond donors (Lipinski definition) is 1. The van der Waals surface area contributed by atoms with Crippen molar-refractivity contribution in [2.45, 2.75) is 0 Å². The largest absolute Gasteiger partial charge is 0.507 e. The van der Waals surface area contributed by atoms with Crippen LogP contribution < -0.4 is 4.90 Å². The monoisotopic (exact) mass is 489 g/mol. The summed E-state index contributed by atoms with van der Waals surface area (Å²) in [5, 5.41) is 10.4. The molecule has 0 radical (unpaired) electrons. The molecule has 0 unspecified atom stereocenters. The van der Waals surface area contributed by atoms with E-state index in [1.54, 1.807) is 6.07 Å². The van der Waals surface area contributed by atoms with Crippen LogP contribution in [0.5, 0.6) is 5.75 Å². The summed E-state index contributed by atoms with van der Waals surface area (Å²) >= 11 is 0. The Morgan fingerprint density at radius 3 is 1.66 bits per heavy atom. The first-order chi connectivity index (χ1) is 18.8. The minimum Gasteiger partial charge on any atom is -0.507 e. The van der Waals surface area contributed by atoms with Gasteiger partial charge >= 0.3 is 0 Å². The van der Waals surface area contributed by atoms with Crippen LogP contribution in [0.2, 0.25) is 0 Å². The Morgan fingerprint density at radius 1 is 0.368 bits per heavy atom. The molecule has 6 aromatic rings. The fraction of sp³-hybridized carbons (Fsp3) is 0. The lowest BCUT2D eigenvalue weighted by atomic mass is 9.97. The smallest absolute Gasteiger partial charge is 0.123 e. The average molecular weight is 490 g/mol. The first-order valence-electron chi connectivity index (χ1n) is 12.8. The second-order valence-electron chi connectivity index (χ2n) is 9.20. The number of anilines is 3. The summed E-state index contributed by atoms with van der Waals surface area (Å²) in [6, 6.07) is 54.0. The van der Waals surface area contributed by atoms with Crippen molar-refractivity contribution in [1.82, 2.24) is 0 Å². The van der Waals surface area contributed by atoms with E-state index in [0.29, 0.717) is 0 Å². The third kappa shape index (κ3) is 4.68.